The van der Waals surface area contributed by atoms with Gasteiger partial charge in [-0.15, -0.1) is 0 Å². The van der Waals surface area contributed by atoms with Gasteiger partial charge in [-0.3, -0.25) is 0 Å². The molecule has 1 atom stereocenters. The van der Waals surface area contributed by atoms with Crippen molar-refractivity contribution in [1.82, 2.24) is 5.32 Å². The average molecular weight is 231 g/mol. The van der Waals surface area contributed by atoms with Gasteiger partial charge in [-0.2, -0.15) is 5.26 Å². The van der Waals surface area contributed by atoms with Crippen molar-refractivity contribution < 1.29 is 0 Å². The number of benzene rings is 1. The van der Waals surface area contributed by atoms with E-state index in [1.165, 1.54) is 11.3 Å². The van der Waals surface area contributed by atoms with Gasteiger partial charge >= 0.3 is 0 Å². The summed E-state index contributed by atoms with van der Waals surface area (Å²) in [5.41, 5.74) is 2.47. The Morgan fingerprint density at radius 2 is 2.00 bits per heavy atom. The Balaban J connectivity index is 2.74. The lowest BCUT2D eigenvalue weighted by Gasteiger charge is -2.22. The monoisotopic (exact) mass is 231 g/mol. The number of nitriles is 1. The molecule has 17 heavy (non-hydrogen) atoms. The summed E-state index contributed by atoms with van der Waals surface area (Å²) in [5.74, 6) is 0. The van der Waals surface area contributed by atoms with Crippen LogP contribution in [0.2, 0.25) is 0 Å². The van der Waals surface area contributed by atoms with Gasteiger partial charge in [0.15, 0.2) is 0 Å². The van der Waals surface area contributed by atoms with Crippen LogP contribution in [0.4, 0.5) is 5.69 Å². The second-order valence-electron chi connectivity index (χ2n) is 4.09. The molecule has 0 bridgehead atoms. The Hall–Kier alpha value is -1.53. The molecule has 0 aliphatic heterocycles. The molecule has 0 aromatic heterocycles. The van der Waals surface area contributed by atoms with E-state index in [9.17, 15) is 0 Å². The summed E-state index contributed by atoms with van der Waals surface area (Å²) in [4.78, 5) is 2.22. The number of nitrogens with one attached hydrogen (secondary N) is 1. The quantitative estimate of drug-likeness (QED) is 0.818. The SMILES string of the molecule is CCN(CCC#N)c1ccc(C(C)NC)cc1. The molecule has 0 aliphatic carbocycles. The number of anilines is 1. The van der Waals surface area contributed by atoms with Crippen LogP contribution < -0.4 is 10.2 Å². The highest BCUT2D eigenvalue weighted by atomic mass is 15.1. The summed E-state index contributed by atoms with van der Waals surface area (Å²) in [7, 11) is 1.96. The van der Waals surface area contributed by atoms with E-state index in [0.717, 1.165) is 13.1 Å². The molecular formula is C14H21N3. The first-order chi connectivity index (χ1) is 8.22. The van der Waals surface area contributed by atoms with Gasteiger partial charge in [-0.1, -0.05) is 12.1 Å². The molecule has 0 heterocycles. The van der Waals surface area contributed by atoms with Gasteiger partial charge in [0, 0.05) is 24.8 Å². The first-order valence-electron chi connectivity index (χ1n) is 6.12. The minimum atomic E-state index is 0.373. The van der Waals surface area contributed by atoms with Crippen molar-refractivity contribution >= 4 is 5.69 Å². The van der Waals surface area contributed by atoms with E-state index in [1.54, 1.807) is 0 Å². The molecule has 1 N–H and O–H groups in total. The highest BCUT2D eigenvalue weighted by molar-refractivity contribution is 5.48. The summed E-state index contributed by atoms with van der Waals surface area (Å²) in [6.45, 7) is 5.99. The van der Waals surface area contributed by atoms with Crippen molar-refractivity contribution in [2.45, 2.75) is 26.3 Å². The zero-order chi connectivity index (χ0) is 12.7. The van der Waals surface area contributed by atoms with Crippen LogP contribution >= 0.6 is 0 Å². The smallest absolute Gasteiger partial charge is 0.0640 e. The van der Waals surface area contributed by atoms with Gasteiger partial charge in [0.25, 0.3) is 0 Å². The Morgan fingerprint density at radius 1 is 1.35 bits per heavy atom. The molecule has 3 nitrogen and oxygen atoms in total. The van der Waals surface area contributed by atoms with E-state index < -0.39 is 0 Å². The molecule has 1 unspecified atom stereocenters. The van der Waals surface area contributed by atoms with Crippen LogP contribution in [-0.2, 0) is 0 Å². The maximum absolute atomic E-state index is 8.62. The molecule has 0 saturated heterocycles. The summed E-state index contributed by atoms with van der Waals surface area (Å²) in [5, 5.41) is 11.8. The van der Waals surface area contributed by atoms with Gasteiger partial charge in [0.1, 0.15) is 0 Å². The highest BCUT2D eigenvalue weighted by Crippen LogP contribution is 2.19. The van der Waals surface area contributed by atoms with E-state index in [0.29, 0.717) is 12.5 Å². The third-order valence-corrected chi connectivity index (χ3v) is 3.07. The first-order valence-corrected chi connectivity index (χ1v) is 6.12. The fraction of sp³-hybridized carbons (Fsp3) is 0.500. The van der Waals surface area contributed by atoms with Crippen molar-refractivity contribution in [3.05, 3.63) is 29.8 Å². The molecule has 0 spiro atoms. The summed E-state index contributed by atoms with van der Waals surface area (Å²) in [6, 6.07) is 11.1. The van der Waals surface area contributed by atoms with Crippen molar-refractivity contribution in [2.75, 3.05) is 25.0 Å². The predicted molar refractivity (Wildman–Crippen MR) is 72.0 cm³/mol. The largest absolute Gasteiger partial charge is 0.371 e. The van der Waals surface area contributed by atoms with Crippen molar-refractivity contribution in [3.8, 4) is 6.07 Å². The maximum atomic E-state index is 8.62. The molecule has 1 aromatic rings. The van der Waals surface area contributed by atoms with Crippen molar-refractivity contribution in [3.63, 3.8) is 0 Å². The third-order valence-electron chi connectivity index (χ3n) is 3.07. The Morgan fingerprint density at radius 3 is 2.47 bits per heavy atom. The molecule has 0 radical (unpaired) electrons. The molecular weight excluding hydrogens is 210 g/mol. The summed E-state index contributed by atoms with van der Waals surface area (Å²) < 4.78 is 0. The average Bonchev–Trinajstić information content (AvgIpc) is 2.39. The van der Waals surface area contributed by atoms with E-state index >= 15 is 0 Å². The molecule has 0 saturated carbocycles. The van der Waals surface area contributed by atoms with Crippen LogP contribution in [0.15, 0.2) is 24.3 Å². The van der Waals surface area contributed by atoms with Gasteiger partial charge in [-0.25, -0.2) is 0 Å². The lowest BCUT2D eigenvalue weighted by atomic mass is 10.1. The second kappa shape index (κ2) is 6.93. The van der Waals surface area contributed by atoms with Gasteiger partial charge < -0.3 is 10.2 Å². The minimum Gasteiger partial charge on any atom is -0.371 e. The number of hydrogen-bond donors (Lipinski definition) is 1. The van der Waals surface area contributed by atoms with E-state index in [2.05, 4.69) is 54.4 Å². The van der Waals surface area contributed by atoms with Crippen LogP contribution in [0.5, 0.6) is 0 Å². The molecule has 0 fully saturated rings. The van der Waals surface area contributed by atoms with E-state index in [1.807, 2.05) is 7.05 Å². The van der Waals surface area contributed by atoms with Crippen LogP contribution in [0.25, 0.3) is 0 Å². The molecule has 0 aliphatic rings. The lowest BCUT2D eigenvalue weighted by molar-refractivity contribution is 0.652. The fourth-order valence-corrected chi connectivity index (χ4v) is 1.80. The Labute approximate surface area is 104 Å². The van der Waals surface area contributed by atoms with Crippen molar-refractivity contribution in [1.29, 1.82) is 5.26 Å². The Kier molecular flexibility index (Phi) is 5.51. The van der Waals surface area contributed by atoms with E-state index in [-0.39, 0.29) is 0 Å². The highest BCUT2D eigenvalue weighted by Gasteiger charge is 2.05. The van der Waals surface area contributed by atoms with Crippen LogP contribution in [0, 0.1) is 11.3 Å². The standard InChI is InChI=1S/C14H21N3/c1-4-17(11-5-10-15)14-8-6-13(7-9-14)12(2)16-3/h6-9,12,16H,4-5,11H2,1-3H3. The zero-order valence-corrected chi connectivity index (χ0v) is 10.9. The molecule has 0 amide bonds. The number of rotatable bonds is 6. The predicted octanol–water partition coefficient (Wildman–Crippen LogP) is 2.71. The number of nitrogens with zero attached hydrogens (tertiary/aromatic N) is 2. The van der Waals surface area contributed by atoms with Crippen LogP contribution in [-0.4, -0.2) is 20.1 Å². The maximum Gasteiger partial charge on any atom is 0.0640 e. The van der Waals surface area contributed by atoms with Gasteiger partial charge in [-0.05, 0) is 38.6 Å². The molecule has 92 valence electrons. The minimum absolute atomic E-state index is 0.373. The first kappa shape index (κ1) is 13.5. The molecule has 1 rings (SSSR count). The van der Waals surface area contributed by atoms with Crippen LogP contribution in [0.3, 0.4) is 0 Å². The normalized spacial score (nSPS) is 11.9. The summed E-state index contributed by atoms with van der Waals surface area (Å²) >= 11 is 0. The lowest BCUT2D eigenvalue weighted by Crippen LogP contribution is -2.23. The topological polar surface area (TPSA) is 39.1 Å². The zero-order valence-electron chi connectivity index (χ0n) is 10.9. The number of hydrogen-bond acceptors (Lipinski definition) is 3. The Bertz CT molecular complexity index is 364. The van der Waals surface area contributed by atoms with Crippen molar-refractivity contribution in [2.24, 2.45) is 0 Å². The third kappa shape index (κ3) is 3.76. The molecule has 3 heteroatoms. The molecule has 1 aromatic carbocycles. The fourth-order valence-electron chi connectivity index (χ4n) is 1.80. The van der Waals surface area contributed by atoms with E-state index in [4.69, 9.17) is 5.26 Å². The summed E-state index contributed by atoms with van der Waals surface area (Å²) in [6.07, 6.45) is 0.572. The van der Waals surface area contributed by atoms with Crippen LogP contribution in [0.1, 0.15) is 31.9 Å². The second-order valence-corrected chi connectivity index (χ2v) is 4.09. The van der Waals surface area contributed by atoms with Gasteiger partial charge in [0.2, 0.25) is 0 Å². The van der Waals surface area contributed by atoms with Gasteiger partial charge in [0.05, 0.1) is 12.5 Å².